The standard InChI is InChI=1S/C20H26N4O3/c1-5-7-13-24-19(26)17(18(25)23(12-6-2)20(24)27)14-21-15-8-10-16(11-9-15)22(3)4/h6,8-11,14,17H,2,5,7,12-13H2,1,3-4H3. The summed E-state index contributed by atoms with van der Waals surface area (Å²) in [7, 11) is 3.88. The number of imide groups is 2. The quantitative estimate of drug-likeness (QED) is 0.401. The number of rotatable bonds is 8. The molecule has 1 fully saturated rings. The molecule has 4 amide bonds. The van der Waals surface area contributed by atoms with Crippen LogP contribution in [0.1, 0.15) is 19.8 Å². The second-order valence-corrected chi connectivity index (χ2v) is 6.53. The predicted molar refractivity (Wildman–Crippen MR) is 106 cm³/mol. The monoisotopic (exact) mass is 370 g/mol. The van der Waals surface area contributed by atoms with E-state index >= 15 is 0 Å². The van der Waals surface area contributed by atoms with Gasteiger partial charge in [0.1, 0.15) is 0 Å². The lowest BCUT2D eigenvalue weighted by molar-refractivity contribution is -0.145. The zero-order valence-corrected chi connectivity index (χ0v) is 16.1. The lowest BCUT2D eigenvalue weighted by Gasteiger charge is -2.35. The topological polar surface area (TPSA) is 73.3 Å². The Bertz CT molecular complexity index is 740. The van der Waals surface area contributed by atoms with Crippen LogP contribution in [0.15, 0.2) is 41.9 Å². The van der Waals surface area contributed by atoms with Gasteiger partial charge in [0, 0.05) is 39.1 Å². The van der Waals surface area contributed by atoms with Crippen molar-refractivity contribution in [3.63, 3.8) is 0 Å². The molecule has 0 saturated carbocycles. The van der Waals surface area contributed by atoms with Crippen molar-refractivity contribution < 1.29 is 14.4 Å². The van der Waals surface area contributed by atoms with Crippen LogP contribution in [0.3, 0.4) is 0 Å². The van der Waals surface area contributed by atoms with Crippen LogP contribution in [0, 0.1) is 5.92 Å². The van der Waals surface area contributed by atoms with Gasteiger partial charge in [-0.3, -0.25) is 24.4 Å². The largest absolute Gasteiger partial charge is 0.378 e. The number of aliphatic imine (C=N–C) groups is 1. The molecule has 1 aliphatic heterocycles. The first-order valence-electron chi connectivity index (χ1n) is 8.99. The molecule has 2 rings (SSSR count). The first-order chi connectivity index (χ1) is 12.9. The molecule has 144 valence electrons. The summed E-state index contributed by atoms with van der Waals surface area (Å²) in [6, 6.07) is 6.84. The number of hydrogen-bond acceptors (Lipinski definition) is 5. The SMILES string of the molecule is C=CCN1C(=O)C(C=Nc2ccc(N(C)C)cc2)C(=O)N(CCCC)C1=O. The number of carbonyl (C=O) groups excluding carboxylic acids is 3. The van der Waals surface area contributed by atoms with E-state index in [4.69, 9.17) is 0 Å². The van der Waals surface area contributed by atoms with Crippen LogP contribution in [0.4, 0.5) is 16.2 Å². The Morgan fingerprint density at radius 1 is 1.11 bits per heavy atom. The van der Waals surface area contributed by atoms with Crippen molar-refractivity contribution in [1.29, 1.82) is 0 Å². The van der Waals surface area contributed by atoms with Crippen LogP contribution in [-0.2, 0) is 9.59 Å². The van der Waals surface area contributed by atoms with Crippen molar-refractivity contribution in [1.82, 2.24) is 9.80 Å². The van der Waals surface area contributed by atoms with E-state index in [0.717, 1.165) is 21.9 Å². The van der Waals surface area contributed by atoms with Crippen LogP contribution in [-0.4, -0.2) is 61.0 Å². The van der Waals surface area contributed by atoms with Gasteiger partial charge < -0.3 is 4.90 Å². The number of benzene rings is 1. The maximum absolute atomic E-state index is 12.7. The van der Waals surface area contributed by atoms with Gasteiger partial charge in [-0.25, -0.2) is 4.79 Å². The molecule has 1 aliphatic rings. The van der Waals surface area contributed by atoms with Gasteiger partial charge >= 0.3 is 6.03 Å². The fourth-order valence-electron chi connectivity index (χ4n) is 2.72. The van der Waals surface area contributed by atoms with E-state index in [1.165, 1.54) is 12.3 Å². The van der Waals surface area contributed by atoms with Gasteiger partial charge in [0.05, 0.1) is 5.69 Å². The number of amides is 4. The van der Waals surface area contributed by atoms with E-state index in [9.17, 15) is 14.4 Å². The van der Waals surface area contributed by atoms with Crippen molar-refractivity contribution in [3.05, 3.63) is 36.9 Å². The molecule has 1 aromatic rings. The van der Waals surface area contributed by atoms with E-state index in [1.807, 2.05) is 50.2 Å². The van der Waals surface area contributed by atoms with Gasteiger partial charge in [-0.05, 0) is 30.7 Å². The van der Waals surface area contributed by atoms with Crippen LogP contribution in [0.2, 0.25) is 0 Å². The molecular weight excluding hydrogens is 344 g/mol. The molecule has 1 aromatic carbocycles. The normalized spacial score (nSPS) is 17.7. The van der Waals surface area contributed by atoms with Crippen molar-refractivity contribution >= 4 is 35.4 Å². The van der Waals surface area contributed by atoms with Gasteiger partial charge in [0.2, 0.25) is 11.8 Å². The van der Waals surface area contributed by atoms with Gasteiger partial charge in [-0.15, -0.1) is 6.58 Å². The molecular formula is C20H26N4O3. The van der Waals surface area contributed by atoms with Gasteiger partial charge in [-0.1, -0.05) is 19.4 Å². The van der Waals surface area contributed by atoms with E-state index in [1.54, 1.807) is 0 Å². The molecule has 7 heteroatoms. The number of barbiturate groups is 1. The molecule has 1 saturated heterocycles. The predicted octanol–water partition coefficient (Wildman–Crippen LogP) is 2.85. The lowest BCUT2D eigenvalue weighted by Crippen LogP contribution is -2.60. The van der Waals surface area contributed by atoms with Crippen LogP contribution in [0.5, 0.6) is 0 Å². The minimum Gasteiger partial charge on any atom is -0.378 e. The molecule has 1 heterocycles. The van der Waals surface area contributed by atoms with Gasteiger partial charge in [-0.2, -0.15) is 0 Å². The summed E-state index contributed by atoms with van der Waals surface area (Å²) in [5.74, 6) is -2.19. The average Bonchev–Trinajstić information content (AvgIpc) is 2.65. The summed E-state index contributed by atoms with van der Waals surface area (Å²) in [5.41, 5.74) is 1.65. The highest BCUT2D eigenvalue weighted by Gasteiger charge is 2.44. The number of urea groups is 1. The molecule has 0 aliphatic carbocycles. The van der Waals surface area contributed by atoms with E-state index in [2.05, 4.69) is 11.6 Å². The summed E-state index contributed by atoms with van der Waals surface area (Å²) in [5, 5.41) is 0. The molecule has 0 bridgehead atoms. The third-order valence-corrected chi connectivity index (χ3v) is 4.31. The summed E-state index contributed by atoms with van der Waals surface area (Å²) >= 11 is 0. The molecule has 1 unspecified atom stereocenters. The van der Waals surface area contributed by atoms with Crippen molar-refractivity contribution in [3.8, 4) is 0 Å². The third-order valence-electron chi connectivity index (χ3n) is 4.31. The molecule has 0 aromatic heterocycles. The summed E-state index contributed by atoms with van der Waals surface area (Å²) in [6.45, 7) is 5.91. The minimum atomic E-state index is -1.10. The molecule has 7 nitrogen and oxygen atoms in total. The van der Waals surface area contributed by atoms with Crippen LogP contribution >= 0.6 is 0 Å². The Morgan fingerprint density at radius 2 is 1.74 bits per heavy atom. The van der Waals surface area contributed by atoms with Crippen molar-refractivity contribution in [2.24, 2.45) is 10.9 Å². The maximum atomic E-state index is 12.7. The zero-order valence-electron chi connectivity index (χ0n) is 16.1. The Morgan fingerprint density at radius 3 is 2.30 bits per heavy atom. The zero-order chi connectivity index (χ0) is 20.0. The maximum Gasteiger partial charge on any atom is 0.333 e. The van der Waals surface area contributed by atoms with Gasteiger partial charge in [0.25, 0.3) is 0 Å². The minimum absolute atomic E-state index is 0.0649. The molecule has 0 N–H and O–H groups in total. The Balaban J connectivity index is 2.25. The average molecular weight is 370 g/mol. The number of anilines is 1. The first-order valence-corrected chi connectivity index (χ1v) is 8.99. The molecule has 27 heavy (non-hydrogen) atoms. The highest BCUT2D eigenvalue weighted by Crippen LogP contribution is 2.21. The highest BCUT2D eigenvalue weighted by molar-refractivity contribution is 6.23. The highest BCUT2D eigenvalue weighted by atomic mass is 16.2. The summed E-state index contributed by atoms with van der Waals surface area (Å²) < 4.78 is 0. The van der Waals surface area contributed by atoms with Crippen molar-refractivity contribution in [2.45, 2.75) is 19.8 Å². The van der Waals surface area contributed by atoms with E-state index in [0.29, 0.717) is 12.1 Å². The number of unbranched alkanes of at least 4 members (excludes halogenated alkanes) is 1. The fourth-order valence-corrected chi connectivity index (χ4v) is 2.72. The molecule has 0 radical (unpaired) electrons. The van der Waals surface area contributed by atoms with Gasteiger partial charge in [0.15, 0.2) is 5.92 Å². The smallest absolute Gasteiger partial charge is 0.333 e. The molecule has 0 spiro atoms. The first kappa shape index (κ1) is 20.4. The number of nitrogens with zero attached hydrogens (tertiary/aromatic N) is 4. The Kier molecular flexibility index (Phi) is 6.87. The lowest BCUT2D eigenvalue weighted by atomic mass is 10.0. The number of carbonyl (C=O) groups is 3. The van der Waals surface area contributed by atoms with E-state index < -0.39 is 23.8 Å². The second kappa shape index (κ2) is 9.12. The third kappa shape index (κ3) is 4.61. The Hall–Kier alpha value is -2.96. The number of hydrogen-bond donors (Lipinski definition) is 0. The van der Waals surface area contributed by atoms with E-state index in [-0.39, 0.29) is 13.1 Å². The van der Waals surface area contributed by atoms with Crippen molar-refractivity contribution in [2.75, 3.05) is 32.1 Å². The Labute approximate surface area is 160 Å². The molecule has 1 atom stereocenters. The summed E-state index contributed by atoms with van der Waals surface area (Å²) in [6.07, 6.45) is 4.32. The van der Waals surface area contributed by atoms with Crippen LogP contribution < -0.4 is 4.90 Å². The summed E-state index contributed by atoms with van der Waals surface area (Å²) in [4.78, 5) is 46.3. The van der Waals surface area contributed by atoms with Crippen LogP contribution in [0.25, 0.3) is 0 Å². The fraction of sp³-hybridized carbons (Fsp3) is 0.400. The second-order valence-electron chi connectivity index (χ2n) is 6.53.